The molecule has 5 rings (SSSR count). The summed E-state index contributed by atoms with van der Waals surface area (Å²) in [5.41, 5.74) is 2.65. The number of carbonyl (C=O) groups excluding carboxylic acids is 2. The Bertz CT molecular complexity index is 1580. The van der Waals surface area contributed by atoms with Crippen LogP contribution in [0.5, 0.6) is 5.75 Å². The Balaban J connectivity index is 1.52. The Morgan fingerprint density at radius 3 is 1.24 bits per heavy atom. The van der Waals surface area contributed by atoms with Crippen LogP contribution in [0.15, 0.2) is 140 Å². The van der Waals surface area contributed by atoms with Gasteiger partial charge in [-0.2, -0.15) is 4.21 Å². The minimum absolute atomic E-state index is 0.0900. The third-order valence-corrected chi connectivity index (χ3v) is 6.79. The van der Waals surface area contributed by atoms with Gasteiger partial charge in [0.2, 0.25) is 0 Å². The smallest absolute Gasteiger partial charge is 0.357 e. The molecule has 0 heterocycles. The van der Waals surface area contributed by atoms with E-state index in [2.05, 4.69) is 0 Å². The molecule has 1 atom stereocenters. The number of carbonyl (C=O) groups is 2. The van der Waals surface area contributed by atoms with Gasteiger partial charge in [-0.1, -0.05) is 121 Å². The maximum Gasteiger partial charge on any atom is 0.357 e. The number of hydrogen-bond donors (Lipinski definition) is 1. The second-order valence-corrected chi connectivity index (χ2v) is 9.82. The molecule has 8 heteroatoms. The van der Waals surface area contributed by atoms with Crippen LogP contribution in [0.3, 0.4) is 0 Å². The molecule has 0 aliphatic heterocycles. The first-order valence-electron chi connectivity index (χ1n) is 13.0. The second kappa shape index (κ2) is 13.5. The zero-order valence-corrected chi connectivity index (χ0v) is 23.1. The molecule has 0 saturated heterocycles. The van der Waals surface area contributed by atoms with E-state index in [1.165, 1.54) is 18.2 Å². The van der Waals surface area contributed by atoms with Gasteiger partial charge in [0.15, 0.2) is 12.2 Å². The summed E-state index contributed by atoms with van der Waals surface area (Å²) in [5.74, 6) is -1.73. The zero-order chi connectivity index (χ0) is 29.3. The fourth-order valence-corrected chi connectivity index (χ4v) is 4.78. The van der Waals surface area contributed by atoms with Crippen LogP contribution in [-0.2, 0) is 20.8 Å². The van der Waals surface area contributed by atoms with Crippen molar-refractivity contribution in [1.29, 1.82) is 0 Å². The van der Waals surface area contributed by atoms with Crippen molar-refractivity contribution in [2.75, 3.05) is 0 Å². The molecule has 1 N–H and O–H groups in total. The molecule has 42 heavy (non-hydrogen) atoms. The van der Waals surface area contributed by atoms with Gasteiger partial charge in [0, 0.05) is 0 Å². The van der Waals surface area contributed by atoms with Crippen molar-refractivity contribution >= 4 is 23.3 Å². The third kappa shape index (κ3) is 6.98. The molecular weight excluding hydrogens is 552 g/mol. The van der Waals surface area contributed by atoms with Gasteiger partial charge in [-0.05, 0) is 40.5 Å². The van der Waals surface area contributed by atoms with Crippen LogP contribution in [0.25, 0.3) is 0 Å². The van der Waals surface area contributed by atoms with Gasteiger partial charge in [-0.3, -0.25) is 4.55 Å². The van der Waals surface area contributed by atoms with E-state index in [9.17, 15) is 18.4 Å². The lowest BCUT2D eigenvalue weighted by Crippen LogP contribution is -2.19. The molecule has 0 spiro atoms. The molecule has 0 aliphatic rings. The number of hydrogen-bond acceptors (Lipinski definition) is 6. The van der Waals surface area contributed by atoms with Crippen molar-refractivity contribution in [3.8, 4) is 5.75 Å². The van der Waals surface area contributed by atoms with E-state index in [1.807, 2.05) is 121 Å². The molecule has 5 aromatic rings. The van der Waals surface area contributed by atoms with Crippen molar-refractivity contribution < 1.29 is 32.0 Å². The van der Waals surface area contributed by atoms with Gasteiger partial charge in [-0.15, -0.1) is 0 Å². The summed E-state index contributed by atoms with van der Waals surface area (Å²) < 4.78 is 37.5. The predicted octanol–water partition coefficient (Wildman–Crippen LogP) is 7.09. The van der Waals surface area contributed by atoms with Gasteiger partial charge >= 0.3 is 23.3 Å². The lowest BCUT2D eigenvalue weighted by atomic mass is 10.0. The van der Waals surface area contributed by atoms with Gasteiger partial charge in [0.1, 0.15) is 5.75 Å². The lowest BCUT2D eigenvalue weighted by Gasteiger charge is -2.21. The highest BCUT2D eigenvalue weighted by Gasteiger charge is 2.28. The molecule has 0 saturated carbocycles. The van der Waals surface area contributed by atoms with E-state index < -0.39 is 35.5 Å². The van der Waals surface area contributed by atoms with Crippen LogP contribution in [0.4, 0.5) is 0 Å². The summed E-state index contributed by atoms with van der Waals surface area (Å²) in [6.07, 6.45) is -1.55. The van der Waals surface area contributed by atoms with E-state index in [-0.39, 0.29) is 16.9 Å². The van der Waals surface area contributed by atoms with E-state index in [4.69, 9.17) is 13.7 Å². The fraction of sp³-hybridized carbons (Fsp3) is 0.0588. The van der Waals surface area contributed by atoms with Crippen LogP contribution < -0.4 is 4.18 Å². The average Bonchev–Trinajstić information content (AvgIpc) is 3.03. The fourth-order valence-electron chi connectivity index (χ4n) is 4.51. The van der Waals surface area contributed by atoms with Crippen molar-refractivity contribution in [2.24, 2.45) is 0 Å². The quantitative estimate of drug-likeness (QED) is 0.139. The average molecular weight is 579 g/mol. The van der Waals surface area contributed by atoms with Crippen LogP contribution >= 0.6 is 0 Å². The maximum atomic E-state index is 13.8. The first-order chi connectivity index (χ1) is 20.5. The minimum Gasteiger partial charge on any atom is -0.449 e. The summed E-state index contributed by atoms with van der Waals surface area (Å²) in [7, 11) is 0. The monoisotopic (exact) mass is 578 g/mol. The molecule has 0 radical (unpaired) electrons. The van der Waals surface area contributed by atoms with E-state index in [0.717, 1.165) is 22.3 Å². The first kappa shape index (κ1) is 28.5. The Hall–Kier alpha value is -5.05. The van der Waals surface area contributed by atoms with Gasteiger partial charge < -0.3 is 13.7 Å². The summed E-state index contributed by atoms with van der Waals surface area (Å²) in [5, 5.41) is 0. The first-order valence-corrected chi connectivity index (χ1v) is 14.1. The van der Waals surface area contributed by atoms with Crippen molar-refractivity contribution in [3.05, 3.63) is 173 Å². The largest absolute Gasteiger partial charge is 0.449 e. The summed E-state index contributed by atoms with van der Waals surface area (Å²) in [6.45, 7) is 0. The Morgan fingerprint density at radius 1 is 0.524 bits per heavy atom. The van der Waals surface area contributed by atoms with Crippen LogP contribution in [0.2, 0.25) is 0 Å². The molecule has 0 amide bonds. The van der Waals surface area contributed by atoms with E-state index in [0.29, 0.717) is 0 Å². The van der Waals surface area contributed by atoms with Gasteiger partial charge in [0.25, 0.3) is 0 Å². The zero-order valence-electron chi connectivity index (χ0n) is 22.2. The topological polar surface area (TPSA) is 99.1 Å². The van der Waals surface area contributed by atoms with Crippen molar-refractivity contribution in [2.45, 2.75) is 12.2 Å². The van der Waals surface area contributed by atoms with Crippen LogP contribution in [-0.4, -0.2) is 20.7 Å². The van der Waals surface area contributed by atoms with E-state index in [1.54, 1.807) is 0 Å². The molecule has 0 fully saturated rings. The molecule has 0 aliphatic carbocycles. The normalized spacial score (nSPS) is 11.6. The summed E-state index contributed by atoms with van der Waals surface area (Å²) >= 11 is -2.65. The summed E-state index contributed by atoms with van der Waals surface area (Å²) in [4.78, 5) is 27.5. The molecule has 5 aromatic carbocycles. The van der Waals surface area contributed by atoms with E-state index >= 15 is 0 Å². The number of esters is 2. The standard InChI is InChI=1S/C34H26O7S/c35-33(39-31(24-13-5-1-6-14-24)25-15-7-2-8-16-25)29-22-21-28(41-42(37)38)23-30(29)34(36)40-32(26-17-9-3-10-18-26)27-19-11-4-12-20-27/h1-23,31-32H,(H,37,38). The lowest BCUT2D eigenvalue weighted by molar-refractivity contribution is 0.0329. The third-order valence-electron chi connectivity index (χ3n) is 6.46. The highest BCUT2D eigenvalue weighted by Crippen LogP contribution is 2.31. The van der Waals surface area contributed by atoms with Gasteiger partial charge in [-0.25, -0.2) is 9.59 Å². The number of rotatable bonds is 10. The predicted molar refractivity (Wildman–Crippen MR) is 158 cm³/mol. The second-order valence-electron chi connectivity index (χ2n) is 9.22. The number of benzene rings is 5. The van der Waals surface area contributed by atoms with Crippen molar-refractivity contribution in [1.82, 2.24) is 0 Å². The Labute approximate surface area is 245 Å². The van der Waals surface area contributed by atoms with Crippen molar-refractivity contribution in [3.63, 3.8) is 0 Å². The Morgan fingerprint density at radius 2 is 0.881 bits per heavy atom. The van der Waals surface area contributed by atoms with Crippen LogP contribution in [0, 0.1) is 0 Å². The highest BCUT2D eigenvalue weighted by atomic mass is 32.2. The highest BCUT2D eigenvalue weighted by molar-refractivity contribution is 7.74. The Kier molecular flexibility index (Phi) is 9.18. The molecule has 0 aromatic heterocycles. The molecule has 0 bridgehead atoms. The molecule has 7 nitrogen and oxygen atoms in total. The maximum absolute atomic E-state index is 13.8. The van der Waals surface area contributed by atoms with Gasteiger partial charge in [0.05, 0.1) is 11.1 Å². The molecule has 1 unspecified atom stereocenters. The SMILES string of the molecule is O=C(OC(c1ccccc1)c1ccccc1)c1ccc(OS(=O)O)cc1C(=O)OC(c1ccccc1)c1ccccc1. The summed E-state index contributed by atoms with van der Waals surface area (Å²) in [6, 6.07) is 40.7. The molecular formula is C34H26O7S. The minimum atomic E-state index is -2.65. The van der Waals surface area contributed by atoms with Crippen LogP contribution in [0.1, 0.15) is 55.2 Å². The molecule has 210 valence electrons. The number of ether oxygens (including phenoxy) is 2.